The van der Waals surface area contributed by atoms with Crippen LogP contribution in [0, 0.1) is 5.92 Å². The summed E-state index contributed by atoms with van der Waals surface area (Å²) < 4.78 is 18.2. The normalized spacial score (nSPS) is 17.0. The standard InChI is InChI=1S/C29H46N4O4/c1-28(2,3)35-19-24(33(7)8)27-32-31-26(36-27)23(30-25(34)21-12-10-9-11-13-21)18-20-14-16-22(17-15-20)37-29(4,5)6/h14-17,21,23-24H,9-13,18-19H2,1-8H3,(H,30,34)/t23-,24-/m0/s1. The third kappa shape index (κ3) is 9.42. The Morgan fingerprint density at radius 2 is 1.62 bits per heavy atom. The number of ether oxygens (including phenoxy) is 2. The average molecular weight is 515 g/mol. The maximum atomic E-state index is 13.2. The molecule has 0 spiro atoms. The molecule has 1 amide bonds. The highest BCUT2D eigenvalue weighted by molar-refractivity contribution is 5.79. The van der Waals surface area contributed by atoms with Crippen LogP contribution in [0.5, 0.6) is 5.75 Å². The van der Waals surface area contributed by atoms with Crippen molar-refractivity contribution in [3.05, 3.63) is 41.6 Å². The highest BCUT2D eigenvalue weighted by Crippen LogP contribution is 2.28. The van der Waals surface area contributed by atoms with Crippen LogP contribution >= 0.6 is 0 Å². The molecule has 0 saturated heterocycles. The molecule has 2 atom stereocenters. The number of nitrogens with one attached hydrogen (secondary N) is 1. The van der Waals surface area contributed by atoms with E-state index in [-0.39, 0.29) is 29.1 Å². The van der Waals surface area contributed by atoms with Crippen LogP contribution in [0.4, 0.5) is 0 Å². The average Bonchev–Trinajstić information content (AvgIpc) is 3.28. The SMILES string of the molecule is CN(C)[C@@H](COC(C)(C)C)c1nnc([C@H](Cc2ccc(OC(C)(C)C)cc2)NC(=O)C2CCCCC2)o1. The summed E-state index contributed by atoms with van der Waals surface area (Å²) in [5.74, 6) is 1.81. The Kier molecular flexibility index (Phi) is 9.75. The van der Waals surface area contributed by atoms with Crippen LogP contribution in [0.2, 0.25) is 0 Å². The van der Waals surface area contributed by atoms with Crippen LogP contribution in [0.15, 0.2) is 28.7 Å². The molecule has 1 aliphatic rings. The van der Waals surface area contributed by atoms with E-state index in [9.17, 15) is 4.79 Å². The van der Waals surface area contributed by atoms with Gasteiger partial charge in [0.1, 0.15) is 23.4 Å². The summed E-state index contributed by atoms with van der Waals surface area (Å²) in [4.78, 5) is 15.2. The summed E-state index contributed by atoms with van der Waals surface area (Å²) in [6, 6.07) is 7.37. The lowest BCUT2D eigenvalue weighted by Gasteiger charge is -2.26. The van der Waals surface area contributed by atoms with Gasteiger partial charge in [-0.05, 0) is 86.2 Å². The number of benzene rings is 1. The van der Waals surface area contributed by atoms with Gasteiger partial charge in [-0.1, -0.05) is 31.4 Å². The van der Waals surface area contributed by atoms with Crippen LogP contribution in [-0.4, -0.2) is 52.9 Å². The van der Waals surface area contributed by atoms with Gasteiger partial charge in [-0.3, -0.25) is 9.69 Å². The maximum absolute atomic E-state index is 13.2. The minimum atomic E-state index is -0.420. The summed E-state index contributed by atoms with van der Waals surface area (Å²) in [6.07, 6.45) is 5.80. The van der Waals surface area contributed by atoms with Crippen molar-refractivity contribution in [2.75, 3.05) is 20.7 Å². The number of rotatable bonds is 10. The van der Waals surface area contributed by atoms with Gasteiger partial charge in [0, 0.05) is 12.3 Å². The fraction of sp³-hybridized carbons (Fsp3) is 0.690. The molecule has 2 aromatic rings. The van der Waals surface area contributed by atoms with Gasteiger partial charge in [-0.25, -0.2) is 0 Å². The molecule has 1 fully saturated rings. The fourth-order valence-corrected chi connectivity index (χ4v) is 4.43. The van der Waals surface area contributed by atoms with Crippen molar-refractivity contribution < 1.29 is 18.7 Å². The smallest absolute Gasteiger partial charge is 0.239 e. The van der Waals surface area contributed by atoms with Gasteiger partial charge >= 0.3 is 0 Å². The second-order valence-corrected chi connectivity index (χ2v) is 12.3. The van der Waals surface area contributed by atoms with E-state index in [1.54, 1.807) is 0 Å². The zero-order chi connectivity index (χ0) is 27.2. The Balaban J connectivity index is 1.81. The Labute approximate surface area is 222 Å². The van der Waals surface area contributed by atoms with Gasteiger partial charge in [0.05, 0.1) is 12.2 Å². The Hall–Kier alpha value is -2.45. The Morgan fingerprint density at radius 3 is 2.19 bits per heavy atom. The van der Waals surface area contributed by atoms with Crippen LogP contribution in [0.3, 0.4) is 0 Å². The molecule has 1 aromatic carbocycles. The molecule has 0 aliphatic heterocycles. The third-order valence-electron chi connectivity index (χ3n) is 6.42. The number of hydrogen-bond donors (Lipinski definition) is 1. The number of carbonyl (C=O) groups excluding carboxylic acids is 1. The molecule has 0 bridgehead atoms. The Bertz CT molecular complexity index is 983. The zero-order valence-corrected chi connectivity index (χ0v) is 24.0. The summed E-state index contributed by atoms with van der Waals surface area (Å²) in [7, 11) is 3.92. The van der Waals surface area contributed by atoms with E-state index in [0.29, 0.717) is 24.8 Å². The lowest BCUT2D eigenvalue weighted by Crippen LogP contribution is -2.36. The van der Waals surface area contributed by atoms with Gasteiger partial charge in [-0.2, -0.15) is 0 Å². The minimum Gasteiger partial charge on any atom is -0.488 e. The van der Waals surface area contributed by atoms with E-state index in [2.05, 4.69) is 15.5 Å². The largest absolute Gasteiger partial charge is 0.488 e. The monoisotopic (exact) mass is 514 g/mol. The summed E-state index contributed by atoms with van der Waals surface area (Å²) in [5.41, 5.74) is 0.504. The lowest BCUT2D eigenvalue weighted by molar-refractivity contribution is -0.126. The number of carbonyl (C=O) groups is 1. The molecule has 1 saturated carbocycles. The first-order chi connectivity index (χ1) is 17.3. The molecule has 3 rings (SSSR count). The molecule has 37 heavy (non-hydrogen) atoms. The minimum absolute atomic E-state index is 0.0379. The lowest BCUT2D eigenvalue weighted by atomic mass is 9.88. The number of aromatic nitrogens is 2. The summed E-state index contributed by atoms with van der Waals surface area (Å²) in [6.45, 7) is 12.6. The predicted octanol–water partition coefficient (Wildman–Crippen LogP) is 5.65. The quantitative estimate of drug-likeness (QED) is 0.438. The van der Waals surface area contributed by atoms with Crippen LogP contribution < -0.4 is 10.1 Å². The second-order valence-electron chi connectivity index (χ2n) is 12.3. The highest BCUT2D eigenvalue weighted by atomic mass is 16.5. The van der Waals surface area contributed by atoms with E-state index in [4.69, 9.17) is 13.9 Å². The van der Waals surface area contributed by atoms with Crippen molar-refractivity contribution in [3.8, 4) is 5.75 Å². The highest BCUT2D eigenvalue weighted by Gasteiger charge is 2.29. The predicted molar refractivity (Wildman–Crippen MR) is 144 cm³/mol. The molecule has 0 radical (unpaired) electrons. The first kappa shape index (κ1) is 29.1. The molecular formula is C29H46N4O4. The van der Waals surface area contributed by atoms with Crippen molar-refractivity contribution in [1.82, 2.24) is 20.4 Å². The van der Waals surface area contributed by atoms with E-state index < -0.39 is 6.04 Å². The molecule has 206 valence electrons. The maximum Gasteiger partial charge on any atom is 0.239 e. The zero-order valence-electron chi connectivity index (χ0n) is 24.0. The molecule has 1 aliphatic carbocycles. The van der Waals surface area contributed by atoms with E-state index in [0.717, 1.165) is 37.0 Å². The topological polar surface area (TPSA) is 89.7 Å². The number of nitrogens with zero attached hydrogens (tertiary/aromatic N) is 3. The van der Waals surface area contributed by atoms with Crippen molar-refractivity contribution >= 4 is 5.91 Å². The number of likely N-dealkylation sites (N-methyl/N-ethyl adjacent to an activating group) is 1. The Morgan fingerprint density at radius 1 is 1.00 bits per heavy atom. The number of amides is 1. The van der Waals surface area contributed by atoms with Crippen LogP contribution in [0.1, 0.15) is 103 Å². The molecule has 1 heterocycles. The molecule has 0 unspecified atom stereocenters. The number of hydrogen-bond acceptors (Lipinski definition) is 7. The van der Waals surface area contributed by atoms with Crippen molar-refractivity contribution in [1.29, 1.82) is 0 Å². The van der Waals surface area contributed by atoms with Gasteiger partial charge in [-0.15, -0.1) is 10.2 Å². The van der Waals surface area contributed by atoms with Crippen LogP contribution in [-0.2, 0) is 16.0 Å². The van der Waals surface area contributed by atoms with Gasteiger partial charge < -0.3 is 19.2 Å². The van der Waals surface area contributed by atoms with E-state index >= 15 is 0 Å². The molecule has 1 N–H and O–H groups in total. The fourth-order valence-electron chi connectivity index (χ4n) is 4.43. The van der Waals surface area contributed by atoms with Crippen molar-refractivity contribution in [2.24, 2.45) is 5.92 Å². The van der Waals surface area contributed by atoms with Gasteiger partial charge in [0.15, 0.2) is 0 Å². The van der Waals surface area contributed by atoms with E-state index in [1.807, 2.05) is 84.8 Å². The molecule has 8 heteroatoms. The third-order valence-corrected chi connectivity index (χ3v) is 6.42. The molecular weight excluding hydrogens is 468 g/mol. The summed E-state index contributed by atoms with van der Waals surface area (Å²) in [5, 5.41) is 12.0. The molecule has 1 aromatic heterocycles. The van der Waals surface area contributed by atoms with Crippen molar-refractivity contribution in [3.63, 3.8) is 0 Å². The first-order valence-corrected chi connectivity index (χ1v) is 13.5. The van der Waals surface area contributed by atoms with E-state index in [1.165, 1.54) is 6.42 Å². The first-order valence-electron chi connectivity index (χ1n) is 13.5. The summed E-state index contributed by atoms with van der Waals surface area (Å²) >= 11 is 0. The second kappa shape index (κ2) is 12.4. The van der Waals surface area contributed by atoms with Gasteiger partial charge in [0.25, 0.3) is 0 Å². The van der Waals surface area contributed by atoms with Crippen LogP contribution in [0.25, 0.3) is 0 Å². The molecule has 8 nitrogen and oxygen atoms in total. The van der Waals surface area contributed by atoms with Crippen molar-refractivity contribution in [2.45, 2.75) is 103 Å². The van der Waals surface area contributed by atoms with Gasteiger partial charge in [0.2, 0.25) is 17.7 Å².